The van der Waals surface area contributed by atoms with E-state index in [0.29, 0.717) is 11.8 Å². The monoisotopic (exact) mass is 207 g/mol. The van der Waals surface area contributed by atoms with Gasteiger partial charge in [-0.05, 0) is 44.4 Å². The summed E-state index contributed by atoms with van der Waals surface area (Å²) < 4.78 is 0. The molecule has 84 valence electrons. The van der Waals surface area contributed by atoms with Crippen LogP contribution in [0.5, 0.6) is 0 Å². The van der Waals surface area contributed by atoms with E-state index in [4.69, 9.17) is 0 Å². The first kappa shape index (κ1) is 9.83. The van der Waals surface area contributed by atoms with Gasteiger partial charge in [0.2, 0.25) is 0 Å². The normalized spacial score (nSPS) is 32.3. The van der Waals surface area contributed by atoms with Gasteiger partial charge in [-0.2, -0.15) is 0 Å². The van der Waals surface area contributed by atoms with E-state index in [1.165, 1.54) is 38.6 Å². The lowest BCUT2D eigenvalue weighted by atomic mass is 9.92. The van der Waals surface area contributed by atoms with E-state index in [1.54, 1.807) is 0 Å². The van der Waals surface area contributed by atoms with Crippen molar-refractivity contribution in [2.75, 3.05) is 6.54 Å². The summed E-state index contributed by atoms with van der Waals surface area (Å²) in [6.07, 6.45) is 9.75. The second kappa shape index (κ2) is 3.89. The first-order valence-corrected chi connectivity index (χ1v) is 6.60. The van der Waals surface area contributed by atoms with Gasteiger partial charge >= 0.3 is 0 Å². The molecule has 0 aromatic carbocycles. The molecule has 0 radical (unpaired) electrons. The molecule has 3 aliphatic rings. The Kier molecular flexibility index (Phi) is 2.55. The Hall–Kier alpha value is -0.370. The molecule has 0 spiro atoms. The Morgan fingerprint density at radius 1 is 1.07 bits per heavy atom. The number of hydrogen-bond acceptors (Lipinski definition) is 2. The second-order valence-corrected chi connectivity index (χ2v) is 5.66. The lowest BCUT2D eigenvalue weighted by Gasteiger charge is -2.34. The van der Waals surface area contributed by atoms with Crippen LogP contribution >= 0.6 is 0 Å². The molecule has 3 saturated carbocycles. The lowest BCUT2D eigenvalue weighted by Crippen LogP contribution is -2.41. The van der Waals surface area contributed by atoms with Crippen LogP contribution in [0, 0.1) is 5.92 Å². The van der Waals surface area contributed by atoms with Crippen LogP contribution in [-0.2, 0) is 4.79 Å². The molecule has 0 aromatic rings. The van der Waals surface area contributed by atoms with Crippen LogP contribution in [0.3, 0.4) is 0 Å². The quantitative estimate of drug-likeness (QED) is 0.705. The van der Waals surface area contributed by atoms with Gasteiger partial charge in [0, 0.05) is 31.5 Å². The van der Waals surface area contributed by atoms with Crippen molar-refractivity contribution in [1.29, 1.82) is 0 Å². The summed E-state index contributed by atoms with van der Waals surface area (Å²) in [7, 11) is 0. The van der Waals surface area contributed by atoms with Crippen LogP contribution in [0.15, 0.2) is 0 Å². The zero-order chi connectivity index (χ0) is 10.3. The molecule has 0 heterocycles. The van der Waals surface area contributed by atoms with Crippen LogP contribution in [0.4, 0.5) is 0 Å². The van der Waals surface area contributed by atoms with Gasteiger partial charge in [0.25, 0.3) is 0 Å². The largest absolute Gasteiger partial charge is 0.300 e. The third-order valence-electron chi connectivity index (χ3n) is 4.11. The molecule has 0 aromatic heterocycles. The molecule has 1 atom stereocenters. The second-order valence-electron chi connectivity index (χ2n) is 5.66. The van der Waals surface area contributed by atoms with Crippen molar-refractivity contribution in [2.24, 2.45) is 5.92 Å². The van der Waals surface area contributed by atoms with Gasteiger partial charge in [-0.3, -0.25) is 9.69 Å². The minimum atomic E-state index is 0.507. The Bertz CT molecular complexity index is 255. The molecular weight excluding hydrogens is 186 g/mol. The molecule has 15 heavy (non-hydrogen) atoms. The Balaban J connectivity index is 1.61. The molecule has 2 heteroatoms. The van der Waals surface area contributed by atoms with Crippen LogP contribution < -0.4 is 0 Å². The van der Waals surface area contributed by atoms with Gasteiger partial charge in [-0.1, -0.05) is 0 Å². The molecule has 2 nitrogen and oxygen atoms in total. The molecule has 0 bridgehead atoms. The van der Waals surface area contributed by atoms with E-state index in [2.05, 4.69) is 4.90 Å². The van der Waals surface area contributed by atoms with Crippen LogP contribution in [0.1, 0.15) is 51.4 Å². The van der Waals surface area contributed by atoms with Crippen LogP contribution in [-0.4, -0.2) is 29.3 Å². The summed E-state index contributed by atoms with van der Waals surface area (Å²) in [6.45, 7) is 1.29. The number of rotatable bonds is 4. The average Bonchev–Trinajstić information content (AvgIpc) is 3.08. The predicted molar refractivity (Wildman–Crippen MR) is 59.7 cm³/mol. The van der Waals surface area contributed by atoms with Gasteiger partial charge in [0.15, 0.2) is 0 Å². The number of carbonyl (C=O) groups is 1. The maximum atomic E-state index is 11.5. The van der Waals surface area contributed by atoms with Gasteiger partial charge in [0.05, 0.1) is 0 Å². The van der Waals surface area contributed by atoms with Gasteiger partial charge in [-0.25, -0.2) is 0 Å². The zero-order valence-electron chi connectivity index (χ0n) is 9.45. The predicted octanol–water partition coefficient (Wildman–Crippen LogP) is 2.37. The fourth-order valence-corrected chi connectivity index (χ4v) is 2.89. The number of ketones is 1. The van der Waals surface area contributed by atoms with E-state index >= 15 is 0 Å². The van der Waals surface area contributed by atoms with E-state index in [9.17, 15) is 4.79 Å². The molecule has 0 N–H and O–H groups in total. The number of carbonyl (C=O) groups excluding carboxylic acids is 1. The fraction of sp³-hybridized carbons (Fsp3) is 0.923. The van der Waals surface area contributed by atoms with E-state index in [1.807, 2.05) is 0 Å². The third kappa shape index (κ3) is 2.41. The van der Waals surface area contributed by atoms with E-state index < -0.39 is 0 Å². The van der Waals surface area contributed by atoms with Crippen molar-refractivity contribution in [3.63, 3.8) is 0 Å². The summed E-state index contributed by atoms with van der Waals surface area (Å²) in [5.41, 5.74) is 0. The summed E-state index contributed by atoms with van der Waals surface area (Å²) >= 11 is 0. The minimum absolute atomic E-state index is 0.507. The highest BCUT2D eigenvalue weighted by Gasteiger charge is 2.38. The van der Waals surface area contributed by atoms with Crippen molar-refractivity contribution in [3.05, 3.63) is 0 Å². The summed E-state index contributed by atoms with van der Waals surface area (Å²) in [4.78, 5) is 14.2. The topological polar surface area (TPSA) is 20.3 Å². The molecule has 0 amide bonds. The summed E-state index contributed by atoms with van der Waals surface area (Å²) in [5.74, 6) is 1.48. The van der Waals surface area contributed by atoms with Crippen LogP contribution in [0.25, 0.3) is 0 Å². The SMILES string of the molecule is O=C1CCCC(N(CC2CC2)C2CC2)C1. The number of Topliss-reactive ketones (excluding diaryl/α,β-unsaturated/α-hetero) is 1. The Morgan fingerprint density at radius 2 is 1.87 bits per heavy atom. The maximum absolute atomic E-state index is 11.5. The van der Waals surface area contributed by atoms with Gasteiger partial charge in [0.1, 0.15) is 5.78 Å². The highest BCUT2D eigenvalue weighted by atomic mass is 16.1. The maximum Gasteiger partial charge on any atom is 0.134 e. The first-order chi connectivity index (χ1) is 7.33. The van der Waals surface area contributed by atoms with Gasteiger partial charge < -0.3 is 0 Å². The standard InChI is InChI=1S/C13H21NO/c15-13-3-1-2-12(8-13)14(11-6-7-11)9-10-4-5-10/h10-12H,1-9H2. The fourth-order valence-electron chi connectivity index (χ4n) is 2.89. The molecule has 0 aliphatic heterocycles. The summed E-state index contributed by atoms with van der Waals surface area (Å²) in [6, 6.07) is 1.46. The highest BCUT2D eigenvalue weighted by molar-refractivity contribution is 5.79. The van der Waals surface area contributed by atoms with Crippen molar-refractivity contribution < 1.29 is 4.79 Å². The molecular formula is C13H21NO. The highest BCUT2D eigenvalue weighted by Crippen LogP contribution is 2.38. The zero-order valence-corrected chi connectivity index (χ0v) is 9.45. The molecule has 3 fully saturated rings. The molecule has 0 saturated heterocycles. The van der Waals surface area contributed by atoms with Crippen molar-refractivity contribution in [2.45, 2.75) is 63.5 Å². The minimum Gasteiger partial charge on any atom is -0.300 e. The smallest absolute Gasteiger partial charge is 0.134 e. The molecule has 3 aliphatic carbocycles. The van der Waals surface area contributed by atoms with Crippen molar-refractivity contribution in [1.82, 2.24) is 4.90 Å². The Morgan fingerprint density at radius 3 is 2.47 bits per heavy atom. The Labute approximate surface area is 92.0 Å². The average molecular weight is 207 g/mol. The van der Waals surface area contributed by atoms with Crippen molar-refractivity contribution >= 4 is 5.78 Å². The van der Waals surface area contributed by atoms with E-state index in [0.717, 1.165) is 31.2 Å². The van der Waals surface area contributed by atoms with E-state index in [-0.39, 0.29) is 0 Å². The number of nitrogens with zero attached hydrogens (tertiary/aromatic N) is 1. The lowest BCUT2D eigenvalue weighted by molar-refractivity contribution is -0.122. The number of hydrogen-bond donors (Lipinski definition) is 0. The molecule has 3 rings (SSSR count). The third-order valence-corrected chi connectivity index (χ3v) is 4.11. The summed E-state index contributed by atoms with van der Waals surface area (Å²) in [5, 5.41) is 0. The van der Waals surface area contributed by atoms with Crippen molar-refractivity contribution in [3.8, 4) is 0 Å². The molecule has 1 unspecified atom stereocenters. The van der Waals surface area contributed by atoms with Gasteiger partial charge in [-0.15, -0.1) is 0 Å². The first-order valence-electron chi connectivity index (χ1n) is 6.60. The van der Waals surface area contributed by atoms with Crippen LogP contribution in [0.2, 0.25) is 0 Å².